The Labute approximate surface area is 127 Å². The fourth-order valence-corrected chi connectivity index (χ4v) is 1.79. The molecule has 0 amide bonds. The fourth-order valence-electron chi connectivity index (χ4n) is 0.919. The van der Waals surface area contributed by atoms with Crippen molar-refractivity contribution in [3.05, 3.63) is 30.3 Å². The van der Waals surface area contributed by atoms with Gasteiger partial charge in [-0.2, -0.15) is 16.8 Å². The first-order valence-electron chi connectivity index (χ1n) is 5.10. The number of nitrogens with two attached hydrogens (primary N) is 1. The molecule has 0 radical (unpaired) electrons. The Morgan fingerprint density at radius 2 is 1.95 bits per heavy atom. The normalized spacial score (nSPS) is 11.6. The van der Waals surface area contributed by atoms with Gasteiger partial charge in [0, 0.05) is 27.6 Å². The van der Waals surface area contributed by atoms with Gasteiger partial charge in [0.1, 0.15) is 5.84 Å². The second kappa shape index (κ2) is 10.5. The summed E-state index contributed by atoms with van der Waals surface area (Å²) in [6.45, 7) is 0.756. The maximum absolute atomic E-state index is 9.11. The summed E-state index contributed by atoms with van der Waals surface area (Å²) >= 11 is 9.28. The summed E-state index contributed by atoms with van der Waals surface area (Å²) in [4.78, 5) is 5.43. The first-order chi connectivity index (χ1) is 8.83. The van der Waals surface area contributed by atoms with Crippen LogP contribution in [0.15, 0.2) is 40.2 Å². The molecular formula is C10H16N2O3S4. The number of hydrogen-bond donors (Lipinski definition) is 4. The molecule has 19 heavy (non-hydrogen) atoms. The molecule has 0 bridgehead atoms. The van der Waals surface area contributed by atoms with E-state index in [9.17, 15) is 0 Å². The van der Waals surface area contributed by atoms with Crippen LogP contribution >= 0.6 is 24.4 Å². The minimum absolute atomic E-state index is 0.538. The first-order valence-corrected chi connectivity index (χ1v) is 9.12. The van der Waals surface area contributed by atoms with Crippen molar-refractivity contribution in [2.24, 2.45) is 10.7 Å². The third-order valence-corrected chi connectivity index (χ3v) is 2.90. The van der Waals surface area contributed by atoms with Gasteiger partial charge in [0.05, 0.1) is 6.54 Å². The van der Waals surface area contributed by atoms with Gasteiger partial charge in [0.15, 0.2) is 0 Å². The number of rotatable bonds is 5. The molecule has 0 saturated heterocycles. The van der Waals surface area contributed by atoms with Crippen molar-refractivity contribution in [2.45, 2.75) is 4.90 Å². The Morgan fingerprint density at radius 3 is 2.42 bits per heavy atom. The summed E-state index contributed by atoms with van der Waals surface area (Å²) in [6, 6.07) is 10.3. The zero-order chi connectivity index (χ0) is 14.7. The molecule has 5 nitrogen and oxygen atoms in total. The smallest absolute Gasteiger partial charge is 0.263 e. The van der Waals surface area contributed by atoms with E-state index in [0.29, 0.717) is 11.6 Å². The van der Waals surface area contributed by atoms with Crippen molar-refractivity contribution in [3.63, 3.8) is 0 Å². The number of benzene rings is 1. The van der Waals surface area contributed by atoms with Gasteiger partial charge in [0.2, 0.25) is 0 Å². The standard InChI is InChI=1S/C10H14N2S2.H2O3S2/c11-10(8-13)12-6-7-14-9-4-2-1-3-5-9;1-5(2,3)4/h1-5,13H,6-8H2,(H2,11,12);(H2,1,2,3,4). The van der Waals surface area contributed by atoms with E-state index in [-0.39, 0.29) is 0 Å². The van der Waals surface area contributed by atoms with Crippen LogP contribution in [-0.2, 0) is 20.2 Å². The molecule has 0 aliphatic carbocycles. The van der Waals surface area contributed by atoms with Gasteiger partial charge in [-0.15, -0.1) is 11.8 Å². The molecule has 0 saturated carbocycles. The van der Waals surface area contributed by atoms with E-state index in [1.54, 1.807) is 11.8 Å². The van der Waals surface area contributed by atoms with Crippen LogP contribution in [0.25, 0.3) is 0 Å². The highest BCUT2D eigenvalue weighted by atomic mass is 32.9. The van der Waals surface area contributed by atoms with E-state index in [4.69, 9.17) is 19.0 Å². The summed E-state index contributed by atoms with van der Waals surface area (Å²) in [5, 5.41) is 0. The van der Waals surface area contributed by atoms with E-state index in [0.717, 1.165) is 12.3 Å². The Bertz CT molecular complexity index is 469. The number of thioether (sulfide) groups is 1. The molecule has 108 valence electrons. The third kappa shape index (κ3) is 15.6. The summed E-state index contributed by atoms with van der Waals surface area (Å²) < 4.78 is 24.0. The fraction of sp³-hybridized carbons (Fsp3) is 0.300. The quantitative estimate of drug-likeness (QED) is 0.214. The van der Waals surface area contributed by atoms with Crippen molar-refractivity contribution < 1.29 is 13.3 Å². The zero-order valence-electron chi connectivity index (χ0n) is 10.0. The van der Waals surface area contributed by atoms with E-state index in [1.165, 1.54) is 4.90 Å². The first kappa shape index (κ1) is 18.7. The van der Waals surface area contributed by atoms with Crippen LogP contribution < -0.4 is 5.73 Å². The van der Waals surface area contributed by atoms with Gasteiger partial charge in [-0.25, -0.2) is 0 Å². The monoisotopic (exact) mass is 340 g/mol. The minimum atomic E-state index is -3.83. The molecule has 0 spiro atoms. The predicted octanol–water partition coefficient (Wildman–Crippen LogP) is 1.74. The molecule has 0 aliphatic heterocycles. The largest absolute Gasteiger partial charge is 0.387 e. The highest BCUT2D eigenvalue weighted by Gasteiger charge is 1.91. The average Bonchev–Trinajstić information content (AvgIpc) is 2.33. The van der Waals surface area contributed by atoms with Gasteiger partial charge >= 0.3 is 0 Å². The summed E-state index contributed by atoms with van der Waals surface area (Å²) in [5.74, 6) is 2.11. The van der Waals surface area contributed by atoms with Gasteiger partial charge in [0.25, 0.3) is 9.05 Å². The number of amidine groups is 1. The maximum atomic E-state index is 9.11. The van der Waals surface area contributed by atoms with Gasteiger partial charge in [-0.1, -0.05) is 18.2 Å². The molecule has 0 aromatic heterocycles. The highest BCUT2D eigenvalue weighted by Crippen LogP contribution is 2.16. The molecule has 9 heteroatoms. The van der Waals surface area contributed by atoms with Crippen LogP contribution in [0.5, 0.6) is 0 Å². The third-order valence-electron chi connectivity index (χ3n) is 1.58. The lowest BCUT2D eigenvalue weighted by atomic mass is 10.4. The Hall–Kier alpha value is -0.320. The molecule has 1 aromatic carbocycles. The van der Waals surface area contributed by atoms with E-state index < -0.39 is 9.05 Å². The van der Waals surface area contributed by atoms with Crippen molar-refractivity contribution in [1.29, 1.82) is 0 Å². The van der Waals surface area contributed by atoms with E-state index >= 15 is 0 Å². The Morgan fingerprint density at radius 1 is 1.42 bits per heavy atom. The average molecular weight is 341 g/mol. The number of nitrogens with zero attached hydrogens (tertiary/aromatic N) is 1. The maximum Gasteiger partial charge on any atom is 0.263 e. The van der Waals surface area contributed by atoms with Crippen LogP contribution in [0.1, 0.15) is 0 Å². The number of aliphatic imine (C=N–C) groups is 1. The second-order valence-electron chi connectivity index (χ2n) is 3.14. The number of hydrogen-bond acceptors (Lipinski definition) is 5. The number of thiol groups is 1. The van der Waals surface area contributed by atoms with Crippen LogP contribution in [-0.4, -0.2) is 37.2 Å². The molecule has 4 N–H and O–H groups in total. The topological polar surface area (TPSA) is 95.9 Å². The lowest BCUT2D eigenvalue weighted by Gasteiger charge is -1.99. The van der Waals surface area contributed by atoms with E-state index in [1.807, 2.05) is 18.2 Å². The van der Waals surface area contributed by atoms with Crippen LogP contribution in [0.2, 0.25) is 0 Å². The SMILES string of the molecule is NC(CS)=NCCSc1ccccc1.O=S(O)(O)=S. The molecule has 1 rings (SSSR count). The second-order valence-corrected chi connectivity index (χ2v) is 6.82. The van der Waals surface area contributed by atoms with Gasteiger partial charge < -0.3 is 5.73 Å². The molecule has 0 heterocycles. The lowest BCUT2D eigenvalue weighted by Crippen LogP contribution is -2.14. The van der Waals surface area contributed by atoms with Gasteiger partial charge in [-0.05, 0) is 12.1 Å². The molecule has 1 aromatic rings. The van der Waals surface area contributed by atoms with Crippen molar-refractivity contribution >= 4 is 50.5 Å². The van der Waals surface area contributed by atoms with Gasteiger partial charge in [-0.3, -0.25) is 14.1 Å². The van der Waals surface area contributed by atoms with E-state index in [2.05, 4.69) is 40.9 Å². The van der Waals surface area contributed by atoms with Crippen molar-refractivity contribution in [1.82, 2.24) is 0 Å². The highest BCUT2D eigenvalue weighted by molar-refractivity contribution is 8.26. The molecule has 0 atom stereocenters. The van der Waals surface area contributed by atoms with Crippen LogP contribution in [0, 0.1) is 0 Å². The zero-order valence-corrected chi connectivity index (χ0v) is 13.4. The molecule has 0 unspecified atom stereocenters. The minimum Gasteiger partial charge on any atom is -0.387 e. The van der Waals surface area contributed by atoms with Crippen molar-refractivity contribution in [3.8, 4) is 0 Å². The van der Waals surface area contributed by atoms with Crippen LogP contribution in [0.3, 0.4) is 0 Å². The molecular weight excluding hydrogens is 324 g/mol. The summed E-state index contributed by atoms with van der Waals surface area (Å²) in [6.07, 6.45) is 0. The van der Waals surface area contributed by atoms with Crippen molar-refractivity contribution in [2.75, 3.05) is 18.1 Å². The van der Waals surface area contributed by atoms with Crippen LogP contribution in [0.4, 0.5) is 0 Å². The lowest BCUT2D eigenvalue weighted by molar-refractivity contribution is 0.450. The Balaban J connectivity index is 0.000000555. The molecule has 0 fully saturated rings. The molecule has 0 aliphatic rings. The predicted molar refractivity (Wildman–Crippen MR) is 88.3 cm³/mol. The summed E-state index contributed by atoms with van der Waals surface area (Å²) in [7, 11) is -3.83. The Kier molecular flexibility index (Phi) is 10.3. The summed E-state index contributed by atoms with van der Waals surface area (Å²) in [5.41, 5.74) is 5.52.